The number of carbonyl (C=O) groups is 2. The summed E-state index contributed by atoms with van der Waals surface area (Å²) >= 11 is 0. The molecule has 2 aromatic rings. The third kappa shape index (κ3) is 4.47. The lowest BCUT2D eigenvalue weighted by atomic mass is 10.1. The number of hydrogen-bond donors (Lipinski definition) is 2. The molecule has 0 bridgehead atoms. The number of aromatic nitrogens is 2. The van der Waals surface area contributed by atoms with Crippen molar-refractivity contribution < 1.29 is 23.8 Å². The predicted octanol–water partition coefficient (Wildman–Crippen LogP) is 2.19. The SMILES string of the molecule is CC1(C)OCCn2c1nc(C(=O)NCc1ccc(F)cc1N1CCCCCC1=O)c(O)c2=O. The summed E-state index contributed by atoms with van der Waals surface area (Å²) in [5.74, 6) is -1.82. The van der Waals surface area contributed by atoms with Crippen LogP contribution in [-0.2, 0) is 28.2 Å². The zero-order valence-corrected chi connectivity index (χ0v) is 18.7. The number of hydrogen-bond acceptors (Lipinski definition) is 6. The Kier molecular flexibility index (Phi) is 6.20. The molecule has 1 saturated heterocycles. The van der Waals surface area contributed by atoms with Crippen molar-refractivity contribution in [3.05, 3.63) is 51.5 Å². The van der Waals surface area contributed by atoms with Gasteiger partial charge in [0.05, 0.1) is 18.8 Å². The summed E-state index contributed by atoms with van der Waals surface area (Å²) in [5, 5.41) is 13.0. The van der Waals surface area contributed by atoms with E-state index in [9.17, 15) is 23.9 Å². The Bertz CT molecular complexity index is 1160. The van der Waals surface area contributed by atoms with Gasteiger partial charge in [-0.05, 0) is 44.4 Å². The Morgan fingerprint density at radius 2 is 2.03 bits per heavy atom. The van der Waals surface area contributed by atoms with E-state index in [1.807, 2.05) is 0 Å². The largest absolute Gasteiger partial charge is 0.501 e. The lowest BCUT2D eigenvalue weighted by Crippen LogP contribution is -2.42. The summed E-state index contributed by atoms with van der Waals surface area (Å²) in [6.07, 6.45) is 2.90. The van der Waals surface area contributed by atoms with Crippen LogP contribution in [-0.4, -0.2) is 39.6 Å². The molecule has 0 spiro atoms. The molecule has 1 fully saturated rings. The number of nitrogens with zero attached hydrogens (tertiary/aromatic N) is 3. The van der Waals surface area contributed by atoms with Crippen LogP contribution < -0.4 is 15.8 Å². The number of halogens is 1. The van der Waals surface area contributed by atoms with E-state index in [1.54, 1.807) is 18.7 Å². The minimum atomic E-state index is -0.905. The van der Waals surface area contributed by atoms with Crippen LogP contribution in [0, 0.1) is 5.82 Å². The molecule has 1 aromatic carbocycles. The monoisotopic (exact) mass is 458 g/mol. The molecule has 9 nitrogen and oxygen atoms in total. The molecule has 0 radical (unpaired) electrons. The molecule has 2 N–H and O–H groups in total. The van der Waals surface area contributed by atoms with Gasteiger partial charge in [0.2, 0.25) is 11.7 Å². The first-order valence-corrected chi connectivity index (χ1v) is 11.0. The van der Waals surface area contributed by atoms with E-state index < -0.39 is 34.3 Å². The third-order valence-electron chi connectivity index (χ3n) is 6.03. The van der Waals surface area contributed by atoms with Gasteiger partial charge in [-0.1, -0.05) is 12.5 Å². The van der Waals surface area contributed by atoms with Crippen LogP contribution in [0.3, 0.4) is 0 Å². The van der Waals surface area contributed by atoms with Gasteiger partial charge < -0.3 is 20.1 Å². The van der Waals surface area contributed by atoms with Gasteiger partial charge in [0.25, 0.3) is 11.5 Å². The van der Waals surface area contributed by atoms with Gasteiger partial charge >= 0.3 is 0 Å². The molecular formula is C23H27FN4O5. The second-order valence-electron chi connectivity index (χ2n) is 8.76. The molecule has 3 heterocycles. The number of benzene rings is 1. The van der Waals surface area contributed by atoms with Gasteiger partial charge in [0.15, 0.2) is 5.69 Å². The fourth-order valence-electron chi connectivity index (χ4n) is 4.26. The van der Waals surface area contributed by atoms with Gasteiger partial charge in [-0.25, -0.2) is 9.37 Å². The number of nitrogens with one attached hydrogen (secondary N) is 1. The summed E-state index contributed by atoms with van der Waals surface area (Å²) in [5.41, 5.74) is -1.08. The molecule has 2 aliphatic rings. The highest BCUT2D eigenvalue weighted by atomic mass is 19.1. The van der Waals surface area contributed by atoms with Crippen molar-refractivity contribution in [1.29, 1.82) is 0 Å². The van der Waals surface area contributed by atoms with Gasteiger partial charge in [0, 0.05) is 19.5 Å². The first-order chi connectivity index (χ1) is 15.7. The van der Waals surface area contributed by atoms with Crippen molar-refractivity contribution in [3.8, 4) is 5.75 Å². The summed E-state index contributed by atoms with van der Waals surface area (Å²) in [7, 11) is 0. The van der Waals surface area contributed by atoms with E-state index in [0.717, 1.165) is 19.3 Å². The molecule has 33 heavy (non-hydrogen) atoms. The van der Waals surface area contributed by atoms with Crippen LogP contribution >= 0.6 is 0 Å². The van der Waals surface area contributed by atoms with Crippen molar-refractivity contribution in [2.24, 2.45) is 0 Å². The fourth-order valence-corrected chi connectivity index (χ4v) is 4.26. The molecule has 0 unspecified atom stereocenters. The smallest absolute Gasteiger partial charge is 0.296 e. The van der Waals surface area contributed by atoms with Crippen LogP contribution in [0.5, 0.6) is 5.75 Å². The second kappa shape index (κ2) is 8.93. The molecular weight excluding hydrogens is 431 g/mol. The number of rotatable bonds is 4. The number of ether oxygens (including phenoxy) is 1. The van der Waals surface area contributed by atoms with E-state index in [2.05, 4.69) is 10.3 Å². The third-order valence-corrected chi connectivity index (χ3v) is 6.03. The molecule has 176 valence electrons. The zero-order chi connectivity index (χ0) is 23.8. The van der Waals surface area contributed by atoms with Crippen molar-refractivity contribution in [2.45, 2.75) is 58.2 Å². The fraction of sp³-hybridized carbons (Fsp3) is 0.478. The maximum Gasteiger partial charge on any atom is 0.296 e. The molecule has 10 heteroatoms. The van der Waals surface area contributed by atoms with E-state index in [-0.39, 0.29) is 31.4 Å². The number of carbonyl (C=O) groups excluding carboxylic acids is 2. The molecule has 4 rings (SSSR count). The Labute approximate surface area is 190 Å². The highest BCUT2D eigenvalue weighted by Gasteiger charge is 2.34. The topological polar surface area (TPSA) is 114 Å². The van der Waals surface area contributed by atoms with E-state index in [1.165, 1.54) is 22.8 Å². The van der Waals surface area contributed by atoms with E-state index in [4.69, 9.17) is 4.74 Å². The number of anilines is 1. The summed E-state index contributed by atoms with van der Waals surface area (Å²) in [6.45, 7) is 4.40. The average molecular weight is 458 g/mol. The molecule has 2 amide bonds. The van der Waals surface area contributed by atoms with Crippen molar-refractivity contribution in [3.63, 3.8) is 0 Å². The normalized spacial score (nSPS) is 17.9. The molecule has 0 saturated carbocycles. The van der Waals surface area contributed by atoms with E-state index in [0.29, 0.717) is 24.2 Å². The van der Waals surface area contributed by atoms with Crippen molar-refractivity contribution >= 4 is 17.5 Å². The summed E-state index contributed by atoms with van der Waals surface area (Å²) < 4.78 is 21.0. The Morgan fingerprint density at radius 1 is 1.24 bits per heavy atom. The lowest BCUT2D eigenvalue weighted by Gasteiger charge is -2.32. The molecule has 2 aliphatic heterocycles. The quantitative estimate of drug-likeness (QED) is 0.726. The maximum absolute atomic E-state index is 14.0. The highest BCUT2D eigenvalue weighted by molar-refractivity contribution is 5.96. The zero-order valence-electron chi connectivity index (χ0n) is 18.7. The van der Waals surface area contributed by atoms with Crippen LogP contribution in [0.25, 0.3) is 0 Å². The van der Waals surface area contributed by atoms with E-state index >= 15 is 0 Å². The molecule has 0 aliphatic carbocycles. The number of amides is 2. The van der Waals surface area contributed by atoms with Crippen LogP contribution in [0.1, 0.15) is 61.4 Å². The molecule has 0 atom stereocenters. The van der Waals surface area contributed by atoms with Gasteiger partial charge in [0.1, 0.15) is 17.2 Å². The Balaban J connectivity index is 1.61. The molecule has 1 aromatic heterocycles. The minimum Gasteiger partial charge on any atom is -0.501 e. The van der Waals surface area contributed by atoms with Crippen LogP contribution in [0.4, 0.5) is 10.1 Å². The van der Waals surface area contributed by atoms with Crippen molar-refractivity contribution in [1.82, 2.24) is 14.9 Å². The van der Waals surface area contributed by atoms with Crippen LogP contribution in [0.2, 0.25) is 0 Å². The summed E-state index contributed by atoms with van der Waals surface area (Å²) in [6, 6.07) is 4.05. The second-order valence-corrected chi connectivity index (χ2v) is 8.76. The highest BCUT2D eigenvalue weighted by Crippen LogP contribution is 2.28. The maximum atomic E-state index is 14.0. The number of fused-ring (bicyclic) bond motifs is 1. The number of aromatic hydroxyl groups is 1. The standard InChI is InChI=1S/C23H27FN4O5/c1-23(2)22-26-18(19(30)21(32)28(22)10-11-33-23)20(31)25-13-14-7-8-15(24)12-16(14)27-9-5-3-4-6-17(27)29/h7-8,12,30H,3-6,9-11,13H2,1-2H3,(H,25,31). The first-order valence-electron chi connectivity index (χ1n) is 11.0. The van der Waals surface area contributed by atoms with Gasteiger partial charge in [-0.15, -0.1) is 0 Å². The Hall–Kier alpha value is -3.27. The lowest BCUT2D eigenvalue weighted by molar-refractivity contribution is -0.118. The van der Waals surface area contributed by atoms with Crippen molar-refractivity contribution in [2.75, 3.05) is 18.1 Å². The first kappa shape index (κ1) is 22.9. The van der Waals surface area contributed by atoms with Gasteiger partial charge in [-0.3, -0.25) is 19.0 Å². The predicted molar refractivity (Wildman–Crippen MR) is 118 cm³/mol. The average Bonchev–Trinajstić information content (AvgIpc) is 2.99. The van der Waals surface area contributed by atoms with Gasteiger partial charge in [-0.2, -0.15) is 0 Å². The Morgan fingerprint density at radius 3 is 2.82 bits per heavy atom. The summed E-state index contributed by atoms with van der Waals surface area (Å²) in [4.78, 5) is 43.8. The minimum absolute atomic E-state index is 0.0440. The van der Waals surface area contributed by atoms with Crippen LogP contribution in [0.15, 0.2) is 23.0 Å².